The molecule has 3 aromatic rings. The van der Waals surface area contributed by atoms with Crippen LogP contribution in [0.4, 0.5) is 11.6 Å². The lowest BCUT2D eigenvalue weighted by Crippen LogP contribution is -1.93. The maximum atomic E-state index is 9.03. The molecule has 0 fully saturated rings. The first-order valence-electron chi connectivity index (χ1n) is 6.31. The number of nitriles is 1. The van der Waals surface area contributed by atoms with Crippen LogP contribution in [0.15, 0.2) is 30.3 Å². The maximum Gasteiger partial charge on any atom is 0.205 e. The van der Waals surface area contributed by atoms with Crippen molar-refractivity contribution in [3.05, 3.63) is 45.9 Å². The fourth-order valence-electron chi connectivity index (χ4n) is 2.09. The third kappa shape index (κ3) is 2.54. The molecule has 0 aliphatic heterocycles. The quantitative estimate of drug-likeness (QED) is 0.740. The van der Waals surface area contributed by atoms with E-state index in [-0.39, 0.29) is 0 Å². The van der Waals surface area contributed by atoms with Crippen LogP contribution >= 0.6 is 23.2 Å². The first-order chi connectivity index (χ1) is 10.6. The Hall–Kier alpha value is -2.42. The summed E-state index contributed by atoms with van der Waals surface area (Å²) in [5, 5.41) is 13.0. The Balaban J connectivity index is 2.06. The molecule has 0 amide bonds. The Labute approximate surface area is 136 Å². The van der Waals surface area contributed by atoms with Gasteiger partial charge in [-0.1, -0.05) is 29.3 Å². The minimum absolute atomic E-state index is 0.411. The number of aromatic amines is 1. The normalized spacial score (nSPS) is 10.5. The first kappa shape index (κ1) is 14.5. The Morgan fingerprint density at radius 1 is 1.32 bits per heavy atom. The van der Waals surface area contributed by atoms with Crippen LogP contribution < -0.4 is 10.1 Å². The van der Waals surface area contributed by atoms with E-state index in [1.165, 1.54) is 7.11 Å². The third-order valence-electron chi connectivity index (χ3n) is 3.11. The Morgan fingerprint density at radius 3 is 2.86 bits per heavy atom. The van der Waals surface area contributed by atoms with Gasteiger partial charge in [0.25, 0.3) is 0 Å². The number of hydrogen-bond donors (Lipinski definition) is 2. The number of nitrogens with one attached hydrogen (secondary N) is 2. The molecule has 0 spiro atoms. The van der Waals surface area contributed by atoms with Gasteiger partial charge in [0.15, 0.2) is 0 Å². The average molecular weight is 333 g/mol. The summed E-state index contributed by atoms with van der Waals surface area (Å²) in [6, 6.07) is 10.7. The molecular weight excluding hydrogens is 323 g/mol. The molecule has 22 heavy (non-hydrogen) atoms. The molecule has 0 radical (unpaired) electrons. The number of aromatic nitrogens is 2. The van der Waals surface area contributed by atoms with Gasteiger partial charge in [0, 0.05) is 6.07 Å². The molecule has 5 nitrogen and oxygen atoms in total. The number of methoxy groups -OCH3 is 1. The fraction of sp³-hybridized carbons (Fsp3) is 0.0667. The molecule has 0 atom stereocenters. The van der Waals surface area contributed by atoms with Crippen LogP contribution in [0.3, 0.4) is 0 Å². The summed E-state index contributed by atoms with van der Waals surface area (Å²) in [4.78, 5) is 7.50. The summed E-state index contributed by atoms with van der Waals surface area (Å²) >= 11 is 12.1. The van der Waals surface area contributed by atoms with Gasteiger partial charge >= 0.3 is 0 Å². The van der Waals surface area contributed by atoms with Gasteiger partial charge in [0.05, 0.1) is 40.0 Å². The minimum Gasteiger partial charge on any atom is -0.494 e. The fourth-order valence-corrected chi connectivity index (χ4v) is 2.44. The number of ether oxygens (including phenoxy) is 1. The van der Waals surface area contributed by atoms with Crippen LogP contribution in [-0.2, 0) is 0 Å². The molecular formula is C15H10Cl2N4O. The Morgan fingerprint density at radius 2 is 2.14 bits per heavy atom. The van der Waals surface area contributed by atoms with E-state index < -0.39 is 0 Å². The number of anilines is 2. The molecule has 0 saturated carbocycles. The van der Waals surface area contributed by atoms with Crippen LogP contribution in [0.1, 0.15) is 5.56 Å². The predicted molar refractivity (Wildman–Crippen MR) is 87.1 cm³/mol. The highest BCUT2D eigenvalue weighted by atomic mass is 35.5. The van der Waals surface area contributed by atoms with E-state index >= 15 is 0 Å². The lowest BCUT2D eigenvalue weighted by molar-refractivity contribution is 0.419. The van der Waals surface area contributed by atoms with Gasteiger partial charge in [-0.25, -0.2) is 4.98 Å². The van der Waals surface area contributed by atoms with Crippen molar-refractivity contribution in [1.29, 1.82) is 5.26 Å². The number of H-pyrrole nitrogens is 1. The zero-order chi connectivity index (χ0) is 15.7. The molecule has 0 aliphatic carbocycles. The predicted octanol–water partition coefficient (Wildman–Crippen LogP) is 4.49. The number of fused-ring (bicyclic) bond motifs is 1. The van der Waals surface area contributed by atoms with E-state index in [0.717, 1.165) is 0 Å². The van der Waals surface area contributed by atoms with Gasteiger partial charge in [-0.05, 0) is 18.2 Å². The zero-order valence-corrected chi connectivity index (χ0v) is 13.0. The van der Waals surface area contributed by atoms with Crippen molar-refractivity contribution < 1.29 is 4.74 Å². The molecule has 2 N–H and O–H groups in total. The van der Waals surface area contributed by atoms with Gasteiger partial charge in [-0.15, -0.1) is 0 Å². The molecule has 0 bridgehead atoms. The summed E-state index contributed by atoms with van der Waals surface area (Å²) < 4.78 is 5.28. The van der Waals surface area contributed by atoms with Crippen molar-refractivity contribution in [3.63, 3.8) is 0 Å². The summed E-state index contributed by atoms with van der Waals surface area (Å²) in [5.74, 6) is 1.03. The molecule has 2 aromatic carbocycles. The van der Waals surface area contributed by atoms with Crippen LogP contribution in [0.25, 0.3) is 11.0 Å². The summed E-state index contributed by atoms with van der Waals surface area (Å²) in [5.41, 5.74) is 2.43. The zero-order valence-electron chi connectivity index (χ0n) is 11.4. The summed E-state index contributed by atoms with van der Waals surface area (Å²) in [6.45, 7) is 0. The molecule has 110 valence electrons. The van der Waals surface area contributed by atoms with Crippen molar-refractivity contribution in [1.82, 2.24) is 9.97 Å². The number of hydrogen-bond acceptors (Lipinski definition) is 4. The van der Waals surface area contributed by atoms with Gasteiger partial charge in [-0.2, -0.15) is 5.26 Å². The highest BCUT2D eigenvalue weighted by Crippen LogP contribution is 2.32. The second-order valence-corrected chi connectivity index (χ2v) is 5.28. The lowest BCUT2D eigenvalue weighted by Gasteiger charge is -2.06. The molecule has 7 heteroatoms. The van der Waals surface area contributed by atoms with Crippen molar-refractivity contribution >= 4 is 45.9 Å². The van der Waals surface area contributed by atoms with Gasteiger partial charge in [0.2, 0.25) is 5.95 Å². The van der Waals surface area contributed by atoms with Gasteiger partial charge in [-0.3, -0.25) is 0 Å². The second kappa shape index (κ2) is 5.76. The SMILES string of the molecule is COc1cc(C#N)cc2nc(Nc3cccc(Cl)c3Cl)[nH]c12. The topological polar surface area (TPSA) is 73.7 Å². The van der Waals surface area contributed by atoms with E-state index in [4.69, 9.17) is 33.2 Å². The standard InChI is InChI=1S/C15H10Cl2N4O/c1-22-12-6-8(7-18)5-11-14(12)21-15(20-11)19-10-4-2-3-9(16)13(10)17/h2-6H,1H3,(H2,19,20,21). The van der Waals surface area contributed by atoms with E-state index in [2.05, 4.69) is 21.4 Å². The second-order valence-electron chi connectivity index (χ2n) is 4.50. The smallest absolute Gasteiger partial charge is 0.205 e. The highest BCUT2D eigenvalue weighted by Gasteiger charge is 2.12. The molecule has 0 aliphatic rings. The van der Waals surface area contributed by atoms with E-state index in [9.17, 15) is 0 Å². The van der Waals surface area contributed by atoms with Crippen LogP contribution in [0, 0.1) is 11.3 Å². The maximum absolute atomic E-state index is 9.03. The number of imidazole rings is 1. The van der Waals surface area contributed by atoms with Gasteiger partial charge < -0.3 is 15.0 Å². The molecule has 3 rings (SSSR count). The number of nitrogens with zero attached hydrogens (tertiary/aromatic N) is 2. The molecule has 0 saturated heterocycles. The number of halogens is 2. The third-order valence-corrected chi connectivity index (χ3v) is 3.93. The molecule has 1 heterocycles. The van der Waals surface area contributed by atoms with Crippen LogP contribution in [-0.4, -0.2) is 17.1 Å². The van der Waals surface area contributed by atoms with Crippen molar-refractivity contribution in [2.75, 3.05) is 12.4 Å². The molecule has 0 unspecified atom stereocenters. The van der Waals surface area contributed by atoms with E-state index in [0.29, 0.717) is 44.0 Å². The van der Waals surface area contributed by atoms with E-state index in [1.807, 2.05) is 0 Å². The van der Waals surface area contributed by atoms with Crippen molar-refractivity contribution in [2.24, 2.45) is 0 Å². The Bertz CT molecular complexity index is 898. The van der Waals surface area contributed by atoms with Crippen LogP contribution in [0.2, 0.25) is 10.0 Å². The monoisotopic (exact) mass is 332 g/mol. The molecule has 1 aromatic heterocycles. The summed E-state index contributed by atoms with van der Waals surface area (Å²) in [7, 11) is 1.54. The number of benzene rings is 2. The number of rotatable bonds is 3. The highest BCUT2D eigenvalue weighted by molar-refractivity contribution is 6.43. The van der Waals surface area contributed by atoms with E-state index in [1.54, 1.807) is 30.3 Å². The van der Waals surface area contributed by atoms with Crippen LogP contribution in [0.5, 0.6) is 5.75 Å². The lowest BCUT2D eigenvalue weighted by atomic mass is 10.2. The Kier molecular flexibility index (Phi) is 3.80. The van der Waals surface area contributed by atoms with Crippen molar-refractivity contribution in [2.45, 2.75) is 0 Å². The minimum atomic E-state index is 0.411. The summed E-state index contributed by atoms with van der Waals surface area (Å²) in [6.07, 6.45) is 0. The average Bonchev–Trinajstić information content (AvgIpc) is 2.93. The largest absolute Gasteiger partial charge is 0.494 e. The van der Waals surface area contributed by atoms with Gasteiger partial charge in [0.1, 0.15) is 11.3 Å². The first-order valence-corrected chi connectivity index (χ1v) is 7.07. The van der Waals surface area contributed by atoms with Crippen molar-refractivity contribution in [3.8, 4) is 11.8 Å².